The first-order valence-electron chi connectivity index (χ1n) is 8.03. The molecule has 0 saturated heterocycles. The van der Waals surface area contributed by atoms with Gasteiger partial charge in [-0.3, -0.25) is 4.99 Å². The molecule has 0 radical (unpaired) electrons. The molecule has 3 nitrogen and oxygen atoms in total. The molecule has 0 aromatic rings. The molecular weight excluding hydrogens is 258 g/mol. The summed E-state index contributed by atoms with van der Waals surface area (Å²) in [5.41, 5.74) is 8.56. The number of nitrogens with two attached hydrogens (primary N) is 1. The quantitative estimate of drug-likeness (QED) is 0.338. The fourth-order valence-electron chi connectivity index (χ4n) is 1.97. The molecule has 0 fully saturated rings. The third-order valence-corrected chi connectivity index (χ3v) is 3.49. The largest absolute Gasteiger partial charge is 0.374 e. The molecule has 3 N–H and O–H groups in total. The smallest absolute Gasteiger partial charge is 0.120 e. The molecule has 120 valence electrons. The topological polar surface area (TPSA) is 50.4 Å². The van der Waals surface area contributed by atoms with Crippen molar-refractivity contribution in [3.63, 3.8) is 0 Å². The van der Waals surface area contributed by atoms with E-state index in [0.29, 0.717) is 6.04 Å². The summed E-state index contributed by atoms with van der Waals surface area (Å²) in [6.45, 7) is 12.3. The van der Waals surface area contributed by atoms with E-state index in [1.807, 2.05) is 13.0 Å². The molecule has 0 amide bonds. The lowest BCUT2D eigenvalue weighted by molar-refractivity contribution is 0.599. The van der Waals surface area contributed by atoms with Gasteiger partial charge in [-0.2, -0.15) is 0 Å². The van der Waals surface area contributed by atoms with E-state index in [4.69, 9.17) is 5.73 Å². The van der Waals surface area contributed by atoms with Gasteiger partial charge in [-0.15, -0.1) is 6.58 Å². The Balaban J connectivity index is 4.29. The van der Waals surface area contributed by atoms with E-state index >= 15 is 0 Å². The number of hydrogen-bond acceptors (Lipinski definition) is 2. The van der Waals surface area contributed by atoms with Crippen LogP contribution in [0.25, 0.3) is 0 Å². The van der Waals surface area contributed by atoms with Gasteiger partial charge >= 0.3 is 0 Å². The summed E-state index contributed by atoms with van der Waals surface area (Å²) in [6.07, 6.45) is 13.1. The van der Waals surface area contributed by atoms with E-state index in [9.17, 15) is 0 Å². The van der Waals surface area contributed by atoms with Crippen LogP contribution in [0.1, 0.15) is 59.8 Å². The van der Waals surface area contributed by atoms with Gasteiger partial charge < -0.3 is 11.1 Å². The van der Waals surface area contributed by atoms with Crippen LogP contribution in [0.4, 0.5) is 0 Å². The fourth-order valence-corrected chi connectivity index (χ4v) is 1.97. The van der Waals surface area contributed by atoms with Gasteiger partial charge in [-0.1, -0.05) is 44.1 Å². The van der Waals surface area contributed by atoms with Gasteiger partial charge in [0.25, 0.3) is 0 Å². The highest BCUT2D eigenvalue weighted by atomic mass is 15.0. The maximum absolute atomic E-state index is 6.04. The second kappa shape index (κ2) is 12.4. The van der Waals surface area contributed by atoms with Crippen LogP contribution in [-0.4, -0.2) is 18.5 Å². The van der Waals surface area contributed by atoms with Crippen LogP contribution in [0, 0.1) is 0 Å². The minimum absolute atomic E-state index is 0.260. The number of nitrogens with one attached hydrogen (secondary N) is 1. The highest BCUT2D eigenvalue weighted by molar-refractivity contribution is 5.55. The van der Waals surface area contributed by atoms with Gasteiger partial charge in [0.15, 0.2) is 0 Å². The maximum atomic E-state index is 6.04. The lowest BCUT2D eigenvalue weighted by Gasteiger charge is -2.11. The van der Waals surface area contributed by atoms with Crippen molar-refractivity contribution in [1.82, 2.24) is 5.32 Å². The van der Waals surface area contributed by atoms with Gasteiger partial charge in [0, 0.05) is 6.04 Å². The number of allylic oxidation sites excluding steroid dienone is 4. The monoisotopic (exact) mass is 291 g/mol. The lowest BCUT2D eigenvalue weighted by Crippen LogP contribution is -2.27. The Kier molecular flexibility index (Phi) is 11.6. The van der Waals surface area contributed by atoms with Crippen molar-refractivity contribution >= 4 is 6.34 Å². The molecule has 0 spiro atoms. The molecule has 2 unspecified atom stereocenters. The van der Waals surface area contributed by atoms with Crippen LogP contribution in [-0.2, 0) is 0 Å². The minimum Gasteiger partial charge on any atom is -0.374 e. The normalized spacial score (nSPS) is 16.0. The highest BCUT2D eigenvalue weighted by Gasteiger charge is 2.01. The van der Waals surface area contributed by atoms with Crippen molar-refractivity contribution in [3.05, 3.63) is 36.0 Å². The van der Waals surface area contributed by atoms with Crippen molar-refractivity contribution in [2.75, 3.05) is 0 Å². The summed E-state index contributed by atoms with van der Waals surface area (Å²) in [5.74, 6) is 0. The van der Waals surface area contributed by atoms with Crippen LogP contribution in [0.2, 0.25) is 0 Å². The van der Waals surface area contributed by atoms with E-state index in [2.05, 4.69) is 49.8 Å². The maximum Gasteiger partial charge on any atom is 0.120 e. The second-order valence-electron chi connectivity index (χ2n) is 5.47. The van der Waals surface area contributed by atoms with Gasteiger partial charge in [0.2, 0.25) is 0 Å². The second-order valence-corrected chi connectivity index (χ2v) is 5.47. The summed E-state index contributed by atoms with van der Waals surface area (Å²) in [4.78, 5) is 4.34. The SMILES string of the molecule is C=CCC(=CCC=C(C)C(N)N=CNC(C)CCC)CC. The summed E-state index contributed by atoms with van der Waals surface area (Å²) in [5, 5.41) is 3.25. The van der Waals surface area contributed by atoms with Crippen molar-refractivity contribution in [1.29, 1.82) is 0 Å². The Bertz CT molecular complexity index is 367. The summed E-state index contributed by atoms with van der Waals surface area (Å²) in [6, 6.07) is 0.448. The zero-order chi connectivity index (χ0) is 16.1. The van der Waals surface area contributed by atoms with Crippen LogP contribution in [0.3, 0.4) is 0 Å². The molecule has 21 heavy (non-hydrogen) atoms. The van der Waals surface area contributed by atoms with E-state index in [1.165, 1.54) is 12.0 Å². The molecule has 0 aliphatic heterocycles. The van der Waals surface area contributed by atoms with Gasteiger partial charge in [-0.05, 0) is 45.1 Å². The third-order valence-electron chi connectivity index (χ3n) is 3.49. The molecule has 0 heterocycles. The highest BCUT2D eigenvalue weighted by Crippen LogP contribution is 2.10. The van der Waals surface area contributed by atoms with E-state index in [1.54, 1.807) is 6.34 Å². The summed E-state index contributed by atoms with van der Waals surface area (Å²) in [7, 11) is 0. The van der Waals surface area contributed by atoms with E-state index < -0.39 is 0 Å². The van der Waals surface area contributed by atoms with Gasteiger partial charge in [-0.25, -0.2) is 0 Å². The number of aliphatic imine (C=N–C) groups is 1. The Morgan fingerprint density at radius 1 is 1.33 bits per heavy atom. The van der Waals surface area contributed by atoms with E-state index in [0.717, 1.165) is 31.3 Å². The van der Waals surface area contributed by atoms with Crippen LogP contribution < -0.4 is 11.1 Å². The average molecular weight is 291 g/mol. The zero-order valence-electron chi connectivity index (χ0n) is 14.2. The molecule has 0 aromatic carbocycles. The standard InChI is InChI=1S/C18H33N3/c1-6-10-16(5)20-14-21-18(19)15(4)12-9-13-17(8-3)11-7-2/h7,12-14,16,18H,2,6,8-11,19H2,1,3-5H3,(H,20,21). The minimum atomic E-state index is -0.260. The molecule has 0 saturated carbocycles. The third kappa shape index (κ3) is 10.1. The van der Waals surface area contributed by atoms with Crippen LogP contribution >= 0.6 is 0 Å². The summed E-state index contributed by atoms with van der Waals surface area (Å²) >= 11 is 0. The molecule has 0 aromatic heterocycles. The van der Waals surface area contributed by atoms with E-state index in [-0.39, 0.29) is 6.17 Å². The Morgan fingerprint density at radius 2 is 2.05 bits per heavy atom. The van der Waals surface area contributed by atoms with Crippen LogP contribution in [0.15, 0.2) is 40.9 Å². The molecular formula is C18H33N3. The first kappa shape index (κ1) is 19.7. The van der Waals surface area contributed by atoms with Crippen molar-refractivity contribution in [2.24, 2.45) is 10.7 Å². The van der Waals surface area contributed by atoms with Crippen LogP contribution in [0.5, 0.6) is 0 Å². The first-order chi connectivity index (χ1) is 10.0. The Hall–Kier alpha value is -1.35. The van der Waals surface area contributed by atoms with Crippen molar-refractivity contribution in [3.8, 4) is 0 Å². The van der Waals surface area contributed by atoms with Gasteiger partial charge in [0.1, 0.15) is 6.17 Å². The Labute approximate surface area is 131 Å². The molecule has 3 heteroatoms. The lowest BCUT2D eigenvalue weighted by atomic mass is 10.1. The Morgan fingerprint density at radius 3 is 2.62 bits per heavy atom. The van der Waals surface area contributed by atoms with Crippen molar-refractivity contribution in [2.45, 2.75) is 72.0 Å². The van der Waals surface area contributed by atoms with Gasteiger partial charge in [0.05, 0.1) is 6.34 Å². The van der Waals surface area contributed by atoms with Crippen molar-refractivity contribution < 1.29 is 0 Å². The predicted octanol–water partition coefficient (Wildman–Crippen LogP) is 4.33. The molecule has 0 rings (SSSR count). The average Bonchev–Trinajstić information content (AvgIpc) is 2.46. The number of rotatable bonds is 11. The summed E-state index contributed by atoms with van der Waals surface area (Å²) < 4.78 is 0. The molecule has 0 aliphatic carbocycles. The first-order valence-corrected chi connectivity index (χ1v) is 8.03. The molecule has 0 bridgehead atoms. The zero-order valence-corrected chi connectivity index (χ0v) is 14.2. The predicted molar refractivity (Wildman–Crippen MR) is 95.5 cm³/mol. The molecule has 2 atom stereocenters. The number of nitrogens with zero attached hydrogens (tertiary/aromatic N) is 1. The number of hydrogen-bond donors (Lipinski definition) is 2. The fraction of sp³-hybridized carbons (Fsp3) is 0.611. The molecule has 0 aliphatic rings.